The topological polar surface area (TPSA) is 86.7 Å². The molecular weight excluding hydrogens is 256 g/mol. The van der Waals surface area contributed by atoms with Crippen molar-refractivity contribution in [3.05, 3.63) is 0 Å². The molecule has 18 heavy (non-hydrogen) atoms. The van der Waals surface area contributed by atoms with E-state index in [1.807, 2.05) is 13.8 Å². The number of carboxylic acid groups (broad SMARTS) is 1. The quantitative estimate of drug-likeness (QED) is 0.656. The van der Waals surface area contributed by atoms with Crippen molar-refractivity contribution in [1.82, 2.24) is 10.2 Å². The molecule has 1 atom stereocenters. The fraction of sp³-hybridized carbons (Fsp3) is 0.909. The van der Waals surface area contributed by atoms with Crippen molar-refractivity contribution >= 4 is 15.8 Å². The molecule has 1 fully saturated rings. The van der Waals surface area contributed by atoms with E-state index in [2.05, 4.69) is 10.2 Å². The summed E-state index contributed by atoms with van der Waals surface area (Å²) in [7, 11) is -3.22. The normalized spacial score (nSPS) is 26.6. The van der Waals surface area contributed by atoms with Gasteiger partial charge in [0, 0.05) is 13.1 Å². The van der Waals surface area contributed by atoms with Gasteiger partial charge < -0.3 is 10.0 Å². The van der Waals surface area contributed by atoms with E-state index in [1.54, 1.807) is 0 Å². The van der Waals surface area contributed by atoms with Crippen molar-refractivity contribution in [2.75, 3.05) is 37.7 Å². The van der Waals surface area contributed by atoms with Gasteiger partial charge in [0.2, 0.25) is 0 Å². The molecule has 1 unspecified atom stereocenters. The van der Waals surface area contributed by atoms with Crippen LogP contribution in [0, 0.1) is 0 Å². The highest BCUT2D eigenvalue weighted by molar-refractivity contribution is 7.91. The fourth-order valence-electron chi connectivity index (χ4n) is 2.23. The Kier molecular flexibility index (Phi) is 5.12. The molecule has 0 aromatic rings. The minimum atomic E-state index is -3.22. The van der Waals surface area contributed by atoms with Crippen LogP contribution in [0.3, 0.4) is 0 Å². The van der Waals surface area contributed by atoms with Crippen molar-refractivity contribution in [3.8, 4) is 0 Å². The van der Waals surface area contributed by atoms with Gasteiger partial charge in [-0.2, -0.15) is 0 Å². The number of rotatable bonds is 7. The van der Waals surface area contributed by atoms with E-state index in [0.717, 1.165) is 19.6 Å². The van der Waals surface area contributed by atoms with Crippen LogP contribution in [0.25, 0.3) is 0 Å². The van der Waals surface area contributed by atoms with Crippen LogP contribution in [-0.4, -0.2) is 67.6 Å². The Labute approximate surface area is 108 Å². The minimum absolute atomic E-state index is 0.0441. The first-order chi connectivity index (χ1) is 8.35. The number of nitrogens with one attached hydrogen (secondary N) is 1. The molecule has 2 N–H and O–H groups in total. The fourth-order valence-corrected chi connectivity index (χ4v) is 4.15. The van der Waals surface area contributed by atoms with Gasteiger partial charge in [0.05, 0.1) is 11.5 Å². The molecule has 0 radical (unpaired) electrons. The standard InChI is InChI=1S/C11H22N2O4S/c1-3-13(4-2)7-6-12-11(10(14)15)5-8-18(16,17)9-11/h12H,3-9H2,1-2H3,(H,14,15). The van der Waals surface area contributed by atoms with Crippen LogP contribution in [0.2, 0.25) is 0 Å². The summed E-state index contributed by atoms with van der Waals surface area (Å²) in [6.07, 6.45) is 0.156. The van der Waals surface area contributed by atoms with Crippen LogP contribution in [-0.2, 0) is 14.6 Å². The van der Waals surface area contributed by atoms with E-state index in [0.29, 0.717) is 6.54 Å². The molecule has 0 aliphatic carbocycles. The van der Waals surface area contributed by atoms with Crippen molar-refractivity contribution < 1.29 is 18.3 Å². The van der Waals surface area contributed by atoms with Gasteiger partial charge in [-0.3, -0.25) is 10.1 Å². The molecule has 0 amide bonds. The average Bonchev–Trinajstić information content (AvgIpc) is 2.62. The molecule has 0 spiro atoms. The first kappa shape index (κ1) is 15.4. The molecule has 1 aliphatic rings. The highest BCUT2D eigenvalue weighted by atomic mass is 32.2. The Morgan fingerprint density at radius 2 is 2.00 bits per heavy atom. The molecule has 1 saturated heterocycles. The lowest BCUT2D eigenvalue weighted by molar-refractivity contribution is -0.143. The van der Waals surface area contributed by atoms with Gasteiger partial charge in [-0.25, -0.2) is 8.42 Å². The summed E-state index contributed by atoms with van der Waals surface area (Å²) >= 11 is 0. The van der Waals surface area contributed by atoms with Crippen molar-refractivity contribution in [3.63, 3.8) is 0 Å². The van der Waals surface area contributed by atoms with Crippen LogP contribution in [0.5, 0.6) is 0 Å². The van der Waals surface area contributed by atoms with Gasteiger partial charge in [-0.1, -0.05) is 13.8 Å². The van der Waals surface area contributed by atoms with Crippen LogP contribution < -0.4 is 5.32 Å². The molecule has 0 aromatic heterocycles. The van der Waals surface area contributed by atoms with Crippen molar-refractivity contribution in [2.24, 2.45) is 0 Å². The Bertz CT molecular complexity index is 392. The predicted molar refractivity (Wildman–Crippen MR) is 69.4 cm³/mol. The average molecular weight is 278 g/mol. The van der Waals surface area contributed by atoms with E-state index in [9.17, 15) is 18.3 Å². The molecule has 1 rings (SSSR count). The summed E-state index contributed by atoms with van der Waals surface area (Å²) in [5.74, 6) is -1.41. The monoisotopic (exact) mass is 278 g/mol. The second-order valence-electron chi connectivity index (χ2n) is 4.68. The molecule has 6 nitrogen and oxygen atoms in total. The van der Waals surface area contributed by atoms with Gasteiger partial charge in [0.25, 0.3) is 0 Å². The molecule has 0 aromatic carbocycles. The lowest BCUT2D eigenvalue weighted by Crippen LogP contribution is -2.54. The van der Waals surface area contributed by atoms with E-state index in [4.69, 9.17) is 0 Å². The smallest absolute Gasteiger partial charge is 0.324 e. The lowest BCUT2D eigenvalue weighted by atomic mass is 9.99. The summed E-state index contributed by atoms with van der Waals surface area (Å²) in [6, 6.07) is 0. The number of nitrogens with zero attached hydrogens (tertiary/aromatic N) is 1. The predicted octanol–water partition coefficient (Wildman–Crippen LogP) is -0.440. The number of hydrogen-bond acceptors (Lipinski definition) is 5. The van der Waals surface area contributed by atoms with Gasteiger partial charge in [-0.05, 0) is 19.5 Å². The maximum Gasteiger partial charge on any atom is 0.324 e. The number of aliphatic carboxylic acids is 1. The van der Waals surface area contributed by atoms with Gasteiger partial charge in [-0.15, -0.1) is 0 Å². The molecule has 7 heteroatoms. The minimum Gasteiger partial charge on any atom is -0.480 e. The molecule has 106 valence electrons. The summed E-state index contributed by atoms with van der Waals surface area (Å²) in [5, 5.41) is 12.2. The molecular formula is C11H22N2O4S. The lowest BCUT2D eigenvalue weighted by Gasteiger charge is -2.26. The number of sulfone groups is 1. The summed E-state index contributed by atoms with van der Waals surface area (Å²) < 4.78 is 22.9. The second kappa shape index (κ2) is 5.99. The summed E-state index contributed by atoms with van der Waals surface area (Å²) in [5.41, 5.74) is -1.29. The number of hydrogen-bond donors (Lipinski definition) is 2. The Balaban J connectivity index is 2.58. The number of carbonyl (C=O) groups is 1. The Morgan fingerprint density at radius 3 is 2.39 bits per heavy atom. The molecule has 1 heterocycles. The number of likely N-dealkylation sites (N-methyl/N-ethyl adjacent to an activating group) is 1. The van der Waals surface area contributed by atoms with E-state index >= 15 is 0 Å². The molecule has 0 bridgehead atoms. The largest absolute Gasteiger partial charge is 0.480 e. The van der Waals surface area contributed by atoms with E-state index in [-0.39, 0.29) is 17.9 Å². The molecule has 1 aliphatic heterocycles. The molecule has 0 saturated carbocycles. The van der Waals surface area contributed by atoms with Crippen LogP contribution in [0.4, 0.5) is 0 Å². The van der Waals surface area contributed by atoms with Gasteiger partial charge in [0.15, 0.2) is 9.84 Å². The maximum atomic E-state index is 11.4. The SMILES string of the molecule is CCN(CC)CCNC1(C(=O)O)CCS(=O)(=O)C1. The van der Waals surface area contributed by atoms with Crippen molar-refractivity contribution in [1.29, 1.82) is 0 Å². The zero-order chi connectivity index (χ0) is 13.8. The van der Waals surface area contributed by atoms with E-state index < -0.39 is 21.3 Å². The first-order valence-corrected chi connectivity index (χ1v) is 8.08. The highest BCUT2D eigenvalue weighted by Gasteiger charge is 2.47. The van der Waals surface area contributed by atoms with Crippen molar-refractivity contribution in [2.45, 2.75) is 25.8 Å². The Hall–Kier alpha value is -0.660. The van der Waals surface area contributed by atoms with E-state index in [1.165, 1.54) is 0 Å². The van der Waals surface area contributed by atoms with Crippen LogP contribution in [0.15, 0.2) is 0 Å². The number of carboxylic acids is 1. The van der Waals surface area contributed by atoms with Gasteiger partial charge >= 0.3 is 5.97 Å². The second-order valence-corrected chi connectivity index (χ2v) is 6.87. The summed E-state index contributed by atoms with van der Waals surface area (Å²) in [6.45, 7) is 7.09. The summed E-state index contributed by atoms with van der Waals surface area (Å²) in [4.78, 5) is 13.4. The Morgan fingerprint density at radius 1 is 1.39 bits per heavy atom. The van der Waals surface area contributed by atoms with Crippen LogP contribution in [0.1, 0.15) is 20.3 Å². The zero-order valence-electron chi connectivity index (χ0n) is 11.0. The third-order valence-electron chi connectivity index (χ3n) is 3.50. The van der Waals surface area contributed by atoms with Gasteiger partial charge in [0.1, 0.15) is 5.54 Å². The maximum absolute atomic E-state index is 11.4. The zero-order valence-corrected chi connectivity index (χ0v) is 11.8. The van der Waals surface area contributed by atoms with Crippen LogP contribution >= 0.6 is 0 Å². The first-order valence-electron chi connectivity index (χ1n) is 6.26. The third-order valence-corrected chi connectivity index (χ3v) is 5.26. The third kappa shape index (κ3) is 3.66. The highest BCUT2D eigenvalue weighted by Crippen LogP contribution is 2.23.